The molecule has 2 aliphatic rings. The van der Waals surface area contributed by atoms with Crippen LogP contribution in [0.2, 0.25) is 0 Å². The summed E-state index contributed by atoms with van der Waals surface area (Å²) in [6.07, 6.45) is 5.08. The van der Waals surface area contributed by atoms with Crippen LogP contribution in [0.25, 0.3) is 0 Å². The molecule has 0 amide bonds. The third-order valence-corrected chi connectivity index (χ3v) is 2.68. The number of hydrogen-bond donors (Lipinski definition) is 0. The third-order valence-electron chi connectivity index (χ3n) is 2.68. The molecule has 0 aromatic carbocycles. The molecule has 0 radical (unpaired) electrons. The SMILES string of the molecule is C=C1CO[C@H]2C=C(C)CC[C@@H]12. The maximum atomic E-state index is 5.56. The zero-order valence-electron chi connectivity index (χ0n) is 6.97. The van der Waals surface area contributed by atoms with Crippen LogP contribution in [0.3, 0.4) is 0 Å². The molecule has 0 aromatic heterocycles. The molecule has 1 fully saturated rings. The van der Waals surface area contributed by atoms with Gasteiger partial charge in [0.15, 0.2) is 0 Å². The smallest absolute Gasteiger partial charge is 0.0828 e. The first-order chi connectivity index (χ1) is 5.27. The van der Waals surface area contributed by atoms with Crippen LogP contribution in [0, 0.1) is 5.92 Å². The van der Waals surface area contributed by atoms with Crippen LogP contribution < -0.4 is 0 Å². The quantitative estimate of drug-likeness (QED) is 0.481. The third kappa shape index (κ3) is 1.14. The van der Waals surface area contributed by atoms with Crippen molar-refractivity contribution in [2.45, 2.75) is 25.9 Å². The Balaban J connectivity index is 2.20. The number of ether oxygens (including phenoxy) is 1. The highest BCUT2D eigenvalue weighted by Crippen LogP contribution is 2.35. The van der Waals surface area contributed by atoms with Crippen LogP contribution in [0.5, 0.6) is 0 Å². The van der Waals surface area contributed by atoms with E-state index in [9.17, 15) is 0 Å². The van der Waals surface area contributed by atoms with Crippen molar-refractivity contribution >= 4 is 0 Å². The van der Waals surface area contributed by atoms with Gasteiger partial charge in [0, 0.05) is 5.92 Å². The summed E-state index contributed by atoms with van der Waals surface area (Å²) >= 11 is 0. The average molecular weight is 150 g/mol. The summed E-state index contributed by atoms with van der Waals surface area (Å²) < 4.78 is 5.56. The summed E-state index contributed by atoms with van der Waals surface area (Å²) in [5.41, 5.74) is 2.76. The van der Waals surface area contributed by atoms with E-state index in [1.807, 2.05) is 0 Å². The lowest BCUT2D eigenvalue weighted by molar-refractivity contribution is 0.121. The van der Waals surface area contributed by atoms with Crippen molar-refractivity contribution in [3.05, 3.63) is 23.8 Å². The van der Waals surface area contributed by atoms with Crippen LogP contribution in [-0.2, 0) is 4.74 Å². The highest BCUT2D eigenvalue weighted by atomic mass is 16.5. The van der Waals surface area contributed by atoms with Crippen molar-refractivity contribution < 1.29 is 4.74 Å². The minimum atomic E-state index is 0.358. The van der Waals surface area contributed by atoms with Gasteiger partial charge in [-0.2, -0.15) is 0 Å². The molecule has 2 atom stereocenters. The molecule has 11 heavy (non-hydrogen) atoms. The van der Waals surface area contributed by atoms with E-state index in [2.05, 4.69) is 19.6 Å². The summed E-state index contributed by atoms with van der Waals surface area (Å²) in [5, 5.41) is 0. The maximum Gasteiger partial charge on any atom is 0.0828 e. The first-order valence-corrected chi connectivity index (χ1v) is 4.24. The predicted molar refractivity (Wildman–Crippen MR) is 45.4 cm³/mol. The van der Waals surface area contributed by atoms with E-state index in [4.69, 9.17) is 4.74 Å². The van der Waals surface area contributed by atoms with E-state index < -0.39 is 0 Å². The van der Waals surface area contributed by atoms with E-state index in [0.29, 0.717) is 12.0 Å². The summed E-state index contributed by atoms with van der Waals surface area (Å²) in [4.78, 5) is 0. The molecule has 0 aromatic rings. The Kier molecular flexibility index (Phi) is 1.61. The summed E-state index contributed by atoms with van der Waals surface area (Å²) in [7, 11) is 0. The van der Waals surface area contributed by atoms with Gasteiger partial charge in [0.1, 0.15) is 0 Å². The lowest BCUT2D eigenvalue weighted by atomic mass is 9.85. The van der Waals surface area contributed by atoms with E-state index in [0.717, 1.165) is 6.61 Å². The molecule has 0 unspecified atom stereocenters. The van der Waals surface area contributed by atoms with Crippen molar-refractivity contribution in [1.29, 1.82) is 0 Å². The first kappa shape index (κ1) is 7.11. The summed E-state index contributed by atoms with van der Waals surface area (Å²) in [5.74, 6) is 0.624. The number of rotatable bonds is 0. The lowest BCUT2D eigenvalue weighted by Crippen LogP contribution is -2.18. The second kappa shape index (κ2) is 2.49. The molecule has 1 nitrogen and oxygen atoms in total. The zero-order chi connectivity index (χ0) is 7.84. The molecule has 0 saturated carbocycles. The second-order valence-electron chi connectivity index (χ2n) is 3.59. The summed E-state index contributed by atoms with van der Waals surface area (Å²) in [6, 6.07) is 0. The Morgan fingerprint density at radius 3 is 3.27 bits per heavy atom. The van der Waals surface area contributed by atoms with E-state index >= 15 is 0 Å². The molecule has 1 aliphatic carbocycles. The molecule has 60 valence electrons. The molecule has 0 bridgehead atoms. The van der Waals surface area contributed by atoms with Crippen LogP contribution in [0.4, 0.5) is 0 Å². The fourth-order valence-corrected chi connectivity index (χ4v) is 1.94. The van der Waals surface area contributed by atoms with Crippen LogP contribution in [0.1, 0.15) is 19.8 Å². The molecule has 1 heterocycles. The molecule has 1 aliphatic heterocycles. The van der Waals surface area contributed by atoms with Gasteiger partial charge in [0.25, 0.3) is 0 Å². The predicted octanol–water partition coefficient (Wildman–Crippen LogP) is 2.30. The highest BCUT2D eigenvalue weighted by Gasteiger charge is 2.31. The summed E-state index contributed by atoms with van der Waals surface area (Å²) in [6.45, 7) is 6.97. The molecular weight excluding hydrogens is 136 g/mol. The number of hydrogen-bond acceptors (Lipinski definition) is 1. The minimum Gasteiger partial charge on any atom is -0.369 e. The van der Waals surface area contributed by atoms with Gasteiger partial charge >= 0.3 is 0 Å². The van der Waals surface area contributed by atoms with Crippen molar-refractivity contribution in [3.63, 3.8) is 0 Å². The Bertz CT molecular complexity index is 215. The van der Waals surface area contributed by atoms with Crippen LogP contribution in [-0.4, -0.2) is 12.7 Å². The van der Waals surface area contributed by atoms with Gasteiger partial charge in [-0.15, -0.1) is 0 Å². The first-order valence-electron chi connectivity index (χ1n) is 4.24. The van der Waals surface area contributed by atoms with E-state index in [1.165, 1.54) is 24.0 Å². The molecule has 1 saturated heterocycles. The minimum absolute atomic E-state index is 0.358. The van der Waals surface area contributed by atoms with Gasteiger partial charge in [-0.3, -0.25) is 0 Å². The van der Waals surface area contributed by atoms with Crippen molar-refractivity contribution in [3.8, 4) is 0 Å². The number of allylic oxidation sites excluding steroid dienone is 1. The highest BCUT2D eigenvalue weighted by molar-refractivity contribution is 5.20. The van der Waals surface area contributed by atoms with Crippen molar-refractivity contribution in [1.82, 2.24) is 0 Å². The largest absolute Gasteiger partial charge is 0.369 e. The van der Waals surface area contributed by atoms with Gasteiger partial charge in [-0.25, -0.2) is 0 Å². The van der Waals surface area contributed by atoms with Crippen LogP contribution in [0.15, 0.2) is 23.8 Å². The van der Waals surface area contributed by atoms with Crippen LogP contribution >= 0.6 is 0 Å². The van der Waals surface area contributed by atoms with E-state index in [-0.39, 0.29) is 0 Å². The average Bonchev–Trinajstić information content (AvgIpc) is 2.32. The Hall–Kier alpha value is -0.560. The second-order valence-corrected chi connectivity index (χ2v) is 3.59. The van der Waals surface area contributed by atoms with E-state index in [1.54, 1.807) is 0 Å². The number of fused-ring (bicyclic) bond motifs is 1. The van der Waals surface area contributed by atoms with Crippen molar-refractivity contribution in [2.24, 2.45) is 5.92 Å². The molecule has 0 N–H and O–H groups in total. The molecular formula is C10H14O. The van der Waals surface area contributed by atoms with Gasteiger partial charge in [0.2, 0.25) is 0 Å². The normalized spacial score (nSPS) is 36.8. The fourth-order valence-electron chi connectivity index (χ4n) is 1.94. The fraction of sp³-hybridized carbons (Fsp3) is 0.600. The topological polar surface area (TPSA) is 9.23 Å². The van der Waals surface area contributed by atoms with Gasteiger partial charge in [-0.05, 0) is 25.3 Å². The Labute approximate surface area is 67.7 Å². The van der Waals surface area contributed by atoms with Gasteiger partial charge in [0.05, 0.1) is 12.7 Å². The molecule has 2 rings (SSSR count). The zero-order valence-corrected chi connectivity index (χ0v) is 6.97. The standard InChI is InChI=1S/C10H14O/c1-7-3-4-9-8(2)6-11-10(9)5-7/h5,9-10H,2-4,6H2,1H3/t9-,10-/m0/s1. The molecule has 0 spiro atoms. The maximum absolute atomic E-state index is 5.56. The monoisotopic (exact) mass is 150 g/mol. The molecule has 1 heteroatoms. The Morgan fingerprint density at radius 2 is 2.45 bits per heavy atom. The van der Waals surface area contributed by atoms with Crippen molar-refractivity contribution in [2.75, 3.05) is 6.61 Å². The lowest BCUT2D eigenvalue weighted by Gasteiger charge is -2.21. The van der Waals surface area contributed by atoms with Gasteiger partial charge in [-0.1, -0.05) is 18.2 Å². The Morgan fingerprint density at radius 1 is 1.64 bits per heavy atom. The van der Waals surface area contributed by atoms with Gasteiger partial charge < -0.3 is 4.74 Å².